The second kappa shape index (κ2) is 5.53. The molecule has 0 aliphatic carbocycles. The van der Waals surface area contributed by atoms with Crippen molar-refractivity contribution in [3.63, 3.8) is 0 Å². The number of carboxylic acids is 1. The van der Waals surface area contributed by atoms with Gasteiger partial charge in [0, 0.05) is 26.1 Å². The molecule has 0 aromatic carbocycles. The topological polar surface area (TPSA) is 93.1 Å². The maximum absolute atomic E-state index is 12.0. The number of β-amino-alcohol motifs (C(OH)–C–C–N with tert-alkyl or cyclic N) is 1. The van der Waals surface area contributed by atoms with Crippen molar-refractivity contribution in [3.8, 4) is 0 Å². The average molecular weight is 257 g/mol. The van der Waals surface area contributed by atoms with Crippen molar-refractivity contribution < 1.29 is 19.8 Å². The first-order valence-corrected chi connectivity index (χ1v) is 6.31. The van der Waals surface area contributed by atoms with Gasteiger partial charge in [0.25, 0.3) is 0 Å². The third-order valence-electron chi connectivity index (χ3n) is 3.43. The summed E-state index contributed by atoms with van der Waals surface area (Å²) in [6.45, 7) is 1.66. The van der Waals surface area contributed by atoms with E-state index in [1.54, 1.807) is 0 Å². The number of rotatable bonds is 2. The molecule has 3 N–H and O–H groups in total. The molecule has 0 bridgehead atoms. The molecule has 7 nitrogen and oxygen atoms in total. The van der Waals surface area contributed by atoms with Gasteiger partial charge in [-0.25, -0.2) is 14.6 Å². The smallest absolute Gasteiger partial charge is 0.332 e. The van der Waals surface area contributed by atoms with Gasteiger partial charge in [-0.2, -0.15) is 0 Å². The van der Waals surface area contributed by atoms with Crippen LogP contribution in [0.5, 0.6) is 0 Å². The molecule has 2 amide bonds. The number of nitrogens with zero attached hydrogens (tertiary/aromatic N) is 2. The number of nitrogens with one attached hydrogen (secondary N) is 1. The zero-order valence-corrected chi connectivity index (χ0v) is 10.2. The Balaban J connectivity index is 1.92. The summed E-state index contributed by atoms with van der Waals surface area (Å²) in [5.41, 5.74) is 2.71. The summed E-state index contributed by atoms with van der Waals surface area (Å²) in [6.07, 6.45) is 2.57. The van der Waals surface area contributed by atoms with Crippen LogP contribution < -0.4 is 5.43 Å². The number of hydrogen-bond acceptors (Lipinski definition) is 4. The Hall–Kier alpha value is -1.34. The van der Waals surface area contributed by atoms with E-state index in [1.807, 2.05) is 5.01 Å². The van der Waals surface area contributed by atoms with Crippen LogP contribution in [0.3, 0.4) is 0 Å². The quantitative estimate of drug-likeness (QED) is 0.627. The Morgan fingerprint density at radius 2 is 1.83 bits per heavy atom. The molecular weight excluding hydrogens is 238 g/mol. The Bertz CT molecular complexity index is 330. The summed E-state index contributed by atoms with van der Waals surface area (Å²) in [7, 11) is 0. The number of carbonyl (C=O) groups is 2. The SMILES string of the molecule is O=C(O)[C@@H]1C[C@@H](O)CN1C(=O)NN1CCCCC1. The molecule has 102 valence electrons. The highest BCUT2D eigenvalue weighted by atomic mass is 16.4. The number of carboxylic acid groups (broad SMARTS) is 1. The van der Waals surface area contributed by atoms with E-state index in [0.717, 1.165) is 32.4 Å². The normalized spacial score (nSPS) is 29.3. The lowest BCUT2D eigenvalue weighted by Crippen LogP contribution is -2.53. The monoisotopic (exact) mass is 257 g/mol. The summed E-state index contributed by atoms with van der Waals surface area (Å²) < 4.78 is 0. The van der Waals surface area contributed by atoms with E-state index < -0.39 is 24.1 Å². The van der Waals surface area contributed by atoms with Gasteiger partial charge in [-0.05, 0) is 12.8 Å². The molecule has 18 heavy (non-hydrogen) atoms. The van der Waals surface area contributed by atoms with Crippen LogP contribution in [0.25, 0.3) is 0 Å². The van der Waals surface area contributed by atoms with Gasteiger partial charge in [0.05, 0.1) is 6.10 Å². The van der Waals surface area contributed by atoms with Crippen LogP contribution in [-0.4, -0.2) is 63.9 Å². The Morgan fingerprint density at radius 1 is 1.17 bits per heavy atom. The van der Waals surface area contributed by atoms with Gasteiger partial charge in [-0.1, -0.05) is 6.42 Å². The van der Waals surface area contributed by atoms with Gasteiger partial charge in [0.2, 0.25) is 0 Å². The largest absolute Gasteiger partial charge is 0.480 e. The van der Waals surface area contributed by atoms with Crippen molar-refractivity contribution in [2.24, 2.45) is 0 Å². The summed E-state index contributed by atoms with van der Waals surface area (Å²) >= 11 is 0. The van der Waals surface area contributed by atoms with Crippen molar-refractivity contribution in [2.75, 3.05) is 19.6 Å². The third kappa shape index (κ3) is 2.91. The van der Waals surface area contributed by atoms with Crippen LogP contribution in [0, 0.1) is 0 Å². The van der Waals surface area contributed by atoms with Gasteiger partial charge in [-0.3, -0.25) is 5.43 Å². The number of hydrazine groups is 1. The predicted octanol–water partition coefficient (Wildman–Crippen LogP) is -0.383. The fourth-order valence-electron chi connectivity index (χ4n) is 2.48. The first-order valence-electron chi connectivity index (χ1n) is 6.31. The lowest BCUT2D eigenvalue weighted by atomic mass is 10.2. The molecular formula is C11H19N3O4. The van der Waals surface area contributed by atoms with Gasteiger partial charge in [0.1, 0.15) is 6.04 Å². The molecule has 0 aromatic heterocycles. The van der Waals surface area contributed by atoms with E-state index in [-0.39, 0.29) is 13.0 Å². The molecule has 2 atom stereocenters. The highest BCUT2D eigenvalue weighted by Gasteiger charge is 2.39. The Kier molecular flexibility index (Phi) is 4.03. The molecule has 2 saturated heterocycles. The number of aliphatic hydroxyl groups is 1. The number of carbonyl (C=O) groups excluding carboxylic acids is 1. The first-order chi connectivity index (χ1) is 8.58. The van der Waals surface area contributed by atoms with Crippen molar-refractivity contribution >= 4 is 12.0 Å². The average Bonchev–Trinajstić information content (AvgIpc) is 2.73. The molecule has 0 spiro atoms. The zero-order valence-electron chi connectivity index (χ0n) is 10.2. The minimum atomic E-state index is -1.07. The Labute approximate surface area is 105 Å². The van der Waals surface area contributed by atoms with Gasteiger partial charge >= 0.3 is 12.0 Å². The zero-order chi connectivity index (χ0) is 13.1. The molecule has 7 heteroatoms. The van der Waals surface area contributed by atoms with Gasteiger partial charge in [0.15, 0.2) is 0 Å². The second-order valence-corrected chi connectivity index (χ2v) is 4.86. The molecule has 2 rings (SSSR count). The molecule has 2 fully saturated rings. The van der Waals surface area contributed by atoms with E-state index in [9.17, 15) is 14.7 Å². The van der Waals surface area contributed by atoms with E-state index in [1.165, 1.54) is 4.90 Å². The number of likely N-dealkylation sites (tertiary alicyclic amines) is 1. The van der Waals surface area contributed by atoms with Crippen molar-refractivity contribution in [2.45, 2.75) is 37.8 Å². The van der Waals surface area contributed by atoms with Crippen LogP contribution in [0.2, 0.25) is 0 Å². The van der Waals surface area contributed by atoms with Crippen LogP contribution in [0.4, 0.5) is 4.79 Å². The first kappa shape index (κ1) is 13.1. The lowest BCUT2D eigenvalue weighted by molar-refractivity contribution is -0.141. The number of urea groups is 1. The molecule has 2 aliphatic heterocycles. The van der Waals surface area contributed by atoms with E-state index >= 15 is 0 Å². The number of piperidine rings is 1. The highest BCUT2D eigenvalue weighted by molar-refractivity contribution is 5.83. The van der Waals surface area contributed by atoms with Crippen LogP contribution >= 0.6 is 0 Å². The Morgan fingerprint density at radius 3 is 2.44 bits per heavy atom. The number of aliphatic hydroxyl groups excluding tert-OH is 1. The minimum absolute atomic E-state index is 0.0800. The van der Waals surface area contributed by atoms with Crippen LogP contribution in [0.15, 0.2) is 0 Å². The van der Waals surface area contributed by atoms with Crippen LogP contribution in [-0.2, 0) is 4.79 Å². The van der Waals surface area contributed by atoms with Crippen molar-refractivity contribution in [1.82, 2.24) is 15.3 Å². The lowest BCUT2D eigenvalue weighted by Gasteiger charge is -2.30. The molecule has 0 aromatic rings. The number of amides is 2. The second-order valence-electron chi connectivity index (χ2n) is 4.86. The summed E-state index contributed by atoms with van der Waals surface area (Å²) in [5.74, 6) is -1.07. The number of hydrogen-bond donors (Lipinski definition) is 3. The van der Waals surface area contributed by atoms with Crippen molar-refractivity contribution in [3.05, 3.63) is 0 Å². The number of aliphatic carboxylic acids is 1. The molecule has 2 heterocycles. The minimum Gasteiger partial charge on any atom is -0.480 e. The van der Waals surface area contributed by atoms with E-state index in [4.69, 9.17) is 5.11 Å². The summed E-state index contributed by atoms with van der Waals surface area (Å²) in [5, 5.41) is 20.3. The molecule has 0 radical (unpaired) electrons. The van der Waals surface area contributed by atoms with Crippen molar-refractivity contribution in [1.29, 1.82) is 0 Å². The third-order valence-corrected chi connectivity index (χ3v) is 3.43. The summed E-state index contributed by atoms with van der Waals surface area (Å²) in [4.78, 5) is 24.2. The molecule has 2 aliphatic rings. The summed E-state index contributed by atoms with van der Waals surface area (Å²) in [6, 6.07) is -1.36. The predicted molar refractivity (Wildman–Crippen MR) is 62.7 cm³/mol. The van der Waals surface area contributed by atoms with Gasteiger partial charge in [-0.15, -0.1) is 0 Å². The maximum Gasteiger partial charge on any atom is 0.332 e. The van der Waals surface area contributed by atoms with E-state index in [2.05, 4.69) is 5.43 Å². The molecule has 0 unspecified atom stereocenters. The fraction of sp³-hybridized carbons (Fsp3) is 0.818. The highest BCUT2D eigenvalue weighted by Crippen LogP contribution is 2.18. The molecule has 0 saturated carbocycles. The fourth-order valence-corrected chi connectivity index (χ4v) is 2.48. The van der Waals surface area contributed by atoms with Crippen LogP contribution in [0.1, 0.15) is 25.7 Å². The maximum atomic E-state index is 12.0. The van der Waals surface area contributed by atoms with E-state index in [0.29, 0.717) is 0 Å². The van der Waals surface area contributed by atoms with Gasteiger partial charge < -0.3 is 15.1 Å². The standard InChI is InChI=1S/C11H19N3O4/c15-8-6-9(10(16)17)14(7-8)11(18)12-13-4-2-1-3-5-13/h8-9,15H,1-7H2,(H,12,18)(H,16,17)/t8-,9+/m1/s1.